The summed E-state index contributed by atoms with van der Waals surface area (Å²) in [7, 11) is 0. The third-order valence-electron chi connectivity index (χ3n) is 8.18. The Balaban J connectivity index is 1.34. The summed E-state index contributed by atoms with van der Waals surface area (Å²) in [5.74, 6) is 0.629. The molecule has 2 aliphatic carbocycles. The second-order valence-corrected chi connectivity index (χ2v) is 10.3. The van der Waals surface area contributed by atoms with Crippen molar-refractivity contribution in [1.29, 1.82) is 0 Å². The molecule has 3 aliphatic rings. The number of aromatic nitrogens is 1. The fourth-order valence-corrected chi connectivity index (χ4v) is 6.64. The number of nitrogens with one attached hydrogen (secondary N) is 1. The minimum Gasteiger partial charge on any atom is -0.462 e. The first-order valence-corrected chi connectivity index (χ1v) is 13.0. The summed E-state index contributed by atoms with van der Waals surface area (Å²) in [4.78, 5) is 29.2. The van der Waals surface area contributed by atoms with E-state index in [1.54, 1.807) is 19.2 Å². The van der Waals surface area contributed by atoms with E-state index < -0.39 is 0 Å². The summed E-state index contributed by atoms with van der Waals surface area (Å²) in [6, 6.07) is 10.4. The van der Waals surface area contributed by atoms with Crippen LogP contribution in [-0.4, -0.2) is 35.8 Å². The smallest absolute Gasteiger partial charge is 0.407 e. The summed E-state index contributed by atoms with van der Waals surface area (Å²) < 4.78 is 24.3. The van der Waals surface area contributed by atoms with E-state index in [-0.39, 0.29) is 47.8 Å². The van der Waals surface area contributed by atoms with Gasteiger partial charge in [0, 0.05) is 23.7 Å². The van der Waals surface area contributed by atoms with E-state index in [2.05, 4.69) is 16.4 Å². The molecule has 1 aromatic heterocycles. The second kappa shape index (κ2) is 10.4. The number of carbonyl (C=O) groups is 2. The SMILES string of the molecule is CCOC(=O)N[C@H]1CC[C@@H]2[C@@H](C1)C[C@H]1C(=O)O[C@H](C)[C@H]1[C@@H]2C=Cc1ccc(-c2cccc(F)c2)cn1. The number of fused-ring (bicyclic) bond motifs is 2. The Bertz CT molecular complexity index is 1130. The highest BCUT2D eigenvalue weighted by Crippen LogP contribution is 2.53. The topological polar surface area (TPSA) is 77.5 Å². The van der Waals surface area contributed by atoms with Crippen molar-refractivity contribution in [2.24, 2.45) is 29.6 Å². The molecular formula is C29H33FN2O4. The van der Waals surface area contributed by atoms with Crippen molar-refractivity contribution in [2.45, 2.75) is 51.7 Å². The summed E-state index contributed by atoms with van der Waals surface area (Å²) in [6.45, 7) is 4.15. The maximum Gasteiger partial charge on any atom is 0.407 e. The summed E-state index contributed by atoms with van der Waals surface area (Å²) in [5, 5.41) is 3.00. The van der Waals surface area contributed by atoms with Crippen molar-refractivity contribution in [2.75, 3.05) is 6.61 Å². The van der Waals surface area contributed by atoms with E-state index in [0.717, 1.165) is 42.5 Å². The Labute approximate surface area is 211 Å². The summed E-state index contributed by atoms with van der Waals surface area (Å²) in [6.07, 6.45) is 9.07. The van der Waals surface area contributed by atoms with Crippen molar-refractivity contribution in [3.8, 4) is 11.1 Å². The monoisotopic (exact) mass is 492 g/mol. The number of pyridine rings is 1. The molecule has 2 heterocycles. The highest BCUT2D eigenvalue weighted by atomic mass is 19.1. The first-order chi connectivity index (χ1) is 17.4. The Morgan fingerprint density at radius 1 is 1.22 bits per heavy atom. The molecule has 0 spiro atoms. The van der Waals surface area contributed by atoms with Crippen molar-refractivity contribution < 1.29 is 23.5 Å². The van der Waals surface area contributed by atoms with Crippen LogP contribution in [0.3, 0.4) is 0 Å². The maximum atomic E-state index is 13.6. The second-order valence-electron chi connectivity index (χ2n) is 10.3. The number of amides is 1. The number of alkyl carbamates (subject to hydrolysis) is 1. The molecule has 5 rings (SSSR count). The first kappa shape index (κ1) is 24.5. The molecule has 1 N–H and O–H groups in total. The Hall–Kier alpha value is -3.22. The lowest BCUT2D eigenvalue weighted by atomic mass is 9.57. The van der Waals surface area contributed by atoms with Crippen LogP contribution in [0.2, 0.25) is 0 Å². The van der Waals surface area contributed by atoms with E-state index in [1.165, 1.54) is 12.1 Å². The largest absolute Gasteiger partial charge is 0.462 e. The lowest BCUT2D eigenvalue weighted by Gasteiger charge is -2.47. The number of esters is 1. The minimum atomic E-state index is -0.368. The highest BCUT2D eigenvalue weighted by molar-refractivity contribution is 5.75. The zero-order chi connectivity index (χ0) is 25.2. The van der Waals surface area contributed by atoms with Gasteiger partial charge in [-0.15, -0.1) is 0 Å². The Morgan fingerprint density at radius 3 is 2.83 bits per heavy atom. The number of hydrogen-bond acceptors (Lipinski definition) is 5. The number of cyclic esters (lactones) is 1. The van der Waals surface area contributed by atoms with Gasteiger partial charge in [-0.1, -0.05) is 24.3 Å². The average Bonchev–Trinajstić information content (AvgIpc) is 3.15. The van der Waals surface area contributed by atoms with Gasteiger partial charge in [-0.05, 0) is 87.1 Å². The molecule has 3 fully saturated rings. The van der Waals surface area contributed by atoms with Crippen molar-refractivity contribution in [3.05, 3.63) is 60.2 Å². The fourth-order valence-electron chi connectivity index (χ4n) is 6.64. The van der Waals surface area contributed by atoms with Gasteiger partial charge in [0.25, 0.3) is 0 Å². The molecule has 36 heavy (non-hydrogen) atoms. The Kier molecular flexibility index (Phi) is 7.08. The number of benzene rings is 1. The molecule has 190 valence electrons. The molecular weight excluding hydrogens is 459 g/mol. The summed E-state index contributed by atoms with van der Waals surface area (Å²) >= 11 is 0. The number of halogens is 1. The quantitative estimate of drug-likeness (QED) is 0.548. The number of nitrogens with zero attached hydrogens (tertiary/aromatic N) is 1. The van der Waals surface area contributed by atoms with Gasteiger partial charge >= 0.3 is 12.1 Å². The minimum absolute atomic E-state index is 0.0679. The van der Waals surface area contributed by atoms with Gasteiger partial charge in [0.1, 0.15) is 11.9 Å². The summed E-state index contributed by atoms with van der Waals surface area (Å²) in [5.41, 5.74) is 2.48. The van der Waals surface area contributed by atoms with Crippen molar-refractivity contribution >= 4 is 18.1 Å². The predicted octanol–water partition coefficient (Wildman–Crippen LogP) is 5.63. The molecule has 2 aromatic rings. The van der Waals surface area contributed by atoms with Gasteiger partial charge in [0.2, 0.25) is 0 Å². The molecule has 1 saturated heterocycles. The normalized spacial score (nSPS) is 31.4. The van der Waals surface area contributed by atoms with Crippen LogP contribution < -0.4 is 5.32 Å². The van der Waals surface area contributed by atoms with Crippen LogP contribution in [0.15, 0.2) is 48.7 Å². The Morgan fingerprint density at radius 2 is 2.08 bits per heavy atom. The van der Waals surface area contributed by atoms with E-state index in [9.17, 15) is 14.0 Å². The zero-order valence-corrected chi connectivity index (χ0v) is 20.7. The molecule has 2 saturated carbocycles. The zero-order valence-electron chi connectivity index (χ0n) is 20.7. The average molecular weight is 493 g/mol. The van der Waals surface area contributed by atoms with Crippen LogP contribution in [0.25, 0.3) is 17.2 Å². The lowest BCUT2D eigenvalue weighted by Crippen LogP contribution is -2.48. The maximum absolute atomic E-state index is 13.6. The third kappa shape index (κ3) is 5.01. The van der Waals surface area contributed by atoms with Gasteiger partial charge in [-0.25, -0.2) is 9.18 Å². The molecule has 7 atom stereocenters. The van der Waals surface area contributed by atoms with Crippen LogP contribution in [0.1, 0.15) is 45.2 Å². The fraction of sp³-hybridized carbons (Fsp3) is 0.483. The highest BCUT2D eigenvalue weighted by Gasteiger charge is 2.54. The van der Waals surface area contributed by atoms with Crippen molar-refractivity contribution in [1.82, 2.24) is 10.3 Å². The van der Waals surface area contributed by atoms with Crippen LogP contribution in [0.4, 0.5) is 9.18 Å². The molecule has 1 amide bonds. The number of carbonyl (C=O) groups excluding carboxylic acids is 2. The lowest BCUT2D eigenvalue weighted by molar-refractivity contribution is -0.144. The van der Waals surface area contributed by atoms with Crippen LogP contribution in [-0.2, 0) is 14.3 Å². The molecule has 0 unspecified atom stereocenters. The molecule has 0 radical (unpaired) electrons. The van der Waals surface area contributed by atoms with Gasteiger partial charge in [-0.2, -0.15) is 0 Å². The van der Waals surface area contributed by atoms with Gasteiger partial charge in [-0.3, -0.25) is 9.78 Å². The van der Waals surface area contributed by atoms with Gasteiger partial charge in [0.05, 0.1) is 18.2 Å². The van der Waals surface area contributed by atoms with Crippen LogP contribution in [0.5, 0.6) is 0 Å². The molecule has 6 nitrogen and oxygen atoms in total. The van der Waals surface area contributed by atoms with E-state index in [0.29, 0.717) is 18.4 Å². The van der Waals surface area contributed by atoms with Crippen molar-refractivity contribution in [3.63, 3.8) is 0 Å². The third-order valence-corrected chi connectivity index (χ3v) is 8.18. The van der Waals surface area contributed by atoms with Crippen LogP contribution in [0, 0.1) is 35.4 Å². The predicted molar refractivity (Wildman–Crippen MR) is 134 cm³/mol. The standard InChI is InChI=1S/C29H33FN2O4/c1-3-35-29(34)32-23-10-11-24-20(14-23)15-26-27(17(2)36-28(26)33)25(24)12-9-22-8-7-19(16-31-22)18-5-4-6-21(30)13-18/h4-9,12-13,16-17,20,23-27H,3,10-11,14-15H2,1-2H3,(H,32,34)/t17-,20+,23+,24-,25-,26-,27+/m1/s1. The number of allylic oxidation sites excluding steroid dienone is 1. The number of rotatable bonds is 5. The molecule has 1 aromatic carbocycles. The molecule has 0 bridgehead atoms. The molecule has 1 aliphatic heterocycles. The first-order valence-electron chi connectivity index (χ1n) is 13.0. The van der Waals surface area contributed by atoms with E-state index in [4.69, 9.17) is 9.47 Å². The van der Waals surface area contributed by atoms with E-state index in [1.807, 2.05) is 31.2 Å². The number of ether oxygens (including phenoxy) is 2. The number of hydrogen-bond donors (Lipinski definition) is 1. The van der Waals surface area contributed by atoms with Crippen LogP contribution >= 0.6 is 0 Å². The van der Waals surface area contributed by atoms with Gasteiger partial charge < -0.3 is 14.8 Å². The van der Waals surface area contributed by atoms with Gasteiger partial charge in [0.15, 0.2) is 0 Å². The molecule has 7 heteroatoms. The van der Waals surface area contributed by atoms with E-state index >= 15 is 0 Å².